The highest BCUT2D eigenvalue weighted by Gasteiger charge is 2.25. The Morgan fingerprint density at radius 1 is 1.17 bits per heavy atom. The molecule has 1 aliphatic heterocycles. The van der Waals surface area contributed by atoms with E-state index < -0.39 is 5.60 Å². The maximum atomic E-state index is 11.8. The number of anilines is 1. The van der Waals surface area contributed by atoms with Gasteiger partial charge >= 0.3 is 6.09 Å². The Morgan fingerprint density at radius 3 is 2.58 bits per heavy atom. The molecule has 2 aliphatic rings. The van der Waals surface area contributed by atoms with Crippen molar-refractivity contribution in [3.8, 4) is 5.75 Å². The zero-order valence-corrected chi connectivity index (χ0v) is 14.9. The summed E-state index contributed by atoms with van der Waals surface area (Å²) in [6, 6.07) is 7.02. The van der Waals surface area contributed by atoms with E-state index in [-0.39, 0.29) is 12.1 Å². The minimum atomic E-state index is -0.444. The van der Waals surface area contributed by atoms with Gasteiger partial charge in [0, 0.05) is 24.2 Å². The van der Waals surface area contributed by atoms with Crippen molar-refractivity contribution in [1.29, 1.82) is 0 Å². The van der Waals surface area contributed by atoms with E-state index in [0.717, 1.165) is 44.5 Å². The fourth-order valence-corrected chi connectivity index (χ4v) is 3.37. The average Bonchev–Trinajstić information content (AvgIpc) is 2.95. The van der Waals surface area contributed by atoms with Gasteiger partial charge < -0.3 is 20.1 Å². The standard InChI is InChI=1S/C19H28N2O3/c1-19(2,3)24-18(22)21-15-6-4-14(5-7-15)20-16-8-9-17-13(12-16)10-11-23-17/h8-9,12,14-15,20H,4-7,10-11H2,1-3H3,(H,21,22). The molecular formula is C19H28N2O3. The van der Waals surface area contributed by atoms with Gasteiger partial charge in [0.1, 0.15) is 11.4 Å². The molecule has 5 nitrogen and oxygen atoms in total. The molecule has 2 N–H and O–H groups in total. The molecule has 132 valence electrons. The molecule has 24 heavy (non-hydrogen) atoms. The monoisotopic (exact) mass is 332 g/mol. The van der Waals surface area contributed by atoms with Crippen LogP contribution < -0.4 is 15.4 Å². The van der Waals surface area contributed by atoms with E-state index in [1.54, 1.807) is 0 Å². The molecule has 0 aromatic heterocycles. The Hall–Kier alpha value is -1.91. The number of ether oxygens (including phenoxy) is 2. The summed E-state index contributed by atoms with van der Waals surface area (Å²) in [6.45, 7) is 6.44. The molecule has 1 fully saturated rings. The first-order chi connectivity index (χ1) is 11.4. The molecule has 0 atom stereocenters. The van der Waals surface area contributed by atoms with E-state index in [1.807, 2.05) is 20.8 Å². The van der Waals surface area contributed by atoms with E-state index in [4.69, 9.17) is 9.47 Å². The van der Waals surface area contributed by atoms with Gasteiger partial charge in [-0.05, 0) is 70.2 Å². The fraction of sp³-hybridized carbons (Fsp3) is 0.632. The summed E-state index contributed by atoms with van der Waals surface area (Å²) in [5.41, 5.74) is 2.02. The van der Waals surface area contributed by atoms with Crippen molar-refractivity contribution < 1.29 is 14.3 Å². The molecule has 1 amide bonds. The van der Waals surface area contributed by atoms with Gasteiger partial charge in [0.05, 0.1) is 6.61 Å². The van der Waals surface area contributed by atoms with Gasteiger partial charge in [0.15, 0.2) is 0 Å². The zero-order chi connectivity index (χ0) is 17.2. The smallest absolute Gasteiger partial charge is 0.407 e. The fourth-order valence-electron chi connectivity index (χ4n) is 3.37. The van der Waals surface area contributed by atoms with Gasteiger partial charge in [-0.25, -0.2) is 4.79 Å². The number of hydrogen-bond acceptors (Lipinski definition) is 4. The maximum Gasteiger partial charge on any atom is 0.407 e. The van der Waals surface area contributed by atoms with Crippen molar-refractivity contribution in [3.05, 3.63) is 23.8 Å². The molecule has 0 radical (unpaired) electrons. The number of hydrogen-bond donors (Lipinski definition) is 2. The van der Waals surface area contributed by atoms with E-state index in [1.165, 1.54) is 11.3 Å². The molecule has 0 unspecified atom stereocenters. The van der Waals surface area contributed by atoms with Crippen LogP contribution in [-0.4, -0.2) is 30.4 Å². The summed E-state index contributed by atoms with van der Waals surface area (Å²) in [4.78, 5) is 11.8. The number of carbonyl (C=O) groups excluding carboxylic acids is 1. The summed E-state index contributed by atoms with van der Waals surface area (Å²) in [6.07, 6.45) is 4.74. The van der Waals surface area contributed by atoms with Crippen molar-refractivity contribution in [2.24, 2.45) is 0 Å². The normalized spacial score (nSPS) is 23.1. The summed E-state index contributed by atoms with van der Waals surface area (Å²) >= 11 is 0. The minimum absolute atomic E-state index is 0.214. The molecular weight excluding hydrogens is 304 g/mol. The number of rotatable bonds is 3. The van der Waals surface area contributed by atoms with Gasteiger partial charge in [-0.3, -0.25) is 0 Å². The molecule has 5 heteroatoms. The molecule has 0 spiro atoms. The van der Waals surface area contributed by atoms with Crippen LogP contribution in [0.4, 0.5) is 10.5 Å². The van der Waals surface area contributed by atoms with E-state index in [9.17, 15) is 4.79 Å². The number of carbonyl (C=O) groups is 1. The second kappa shape index (κ2) is 6.91. The molecule has 1 aromatic rings. The van der Waals surface area contributed by atoms with E-state index in [2.05, 4.69) is 28.8 Å². The largest absolute Gasteiger partial charge is 0.493 e. The third-order valence-electron chi connectivity index (χ3n) is 4.51. The molecule has 1 heterocycles. The van der Waals surface area contributed by atoms with Crippen LogP contribution in [0.25, 0.3) is 0 Å². The number of fused-ring (bicyclic) bond motifs is 1. The summed E-state index contributed by atoms with van der Waals surface area (Å²) < 4.78 is 10.9. The first kappa shape index (κ1) is 16.9. The Bertz CT molecular complexity index is 587. The van der Waals surface area contributed by atoms with Crippen LogP contribution in [0, 0.1) is 0 Å². The Morgan fingerprint density at radius 2 is 1.88 bits per heavy atom. The molecule has 1 aromatic carbocycles. The number of nitrogens with one attached hydrogen (secondary N) is 2. The summed E-state index contributed by atoms with van der Waals surface area (Å²) in [5.74, 6) is 1.02. The van der Waals surface area contributed by atoms with Gasteiger partial charge in [0.25, 0.3) is 0 Å². The maximum absolute atomic E-state index is 11.8. The van der Waals surface area contributed by atoms with Crippen molar-refractivity contribution in [2.45, 2.75) is 70.6 Å². The SMILES string of the molecule is CC(C)(C)OC(=O)NC1CCC(Nc2ccc3c(c2)CCO3)CC1. The lowest BCUT2D eigenvalue weighted by Crippen LogP contribution is -2.42. The Balaban J connectivity index is 1.44. The van der Waals surface area contributed by atoms with E-state index in [0.29, 0.717) is 6.04 Å². The lowest BCUT2D eigenvalue weighted by atomic mass is 9.91. The van der Waals surface area contributed by atoms with Crippen LogP contribution in [-0.2, 0) is 11.2 Å². The molecule has 1 saturated carbocycles. The minimum Gasteiger partial charge on any atom is -0.493 e. The van der Waals surface area contributed by atoms with Crippen molar-refractivity contribution >= 4 is 11.8 Å². The number of alkyl carbamates (subject to hydrolysis) is 1. The van der Waals surface area contributed by atoms with Crippen LogP contribution in [0.2, 0.25) is 0 Å². The number of benzene rings is 1. The Labute approximate surface area is 144 Å². The third kappa shape index (κ3) is 4.56. The lowest BCUT2D eigenvalue weighted by molar-refractivity contribution is 0.0492. The van der Waals surface area contributed by atoms with E-state index >= 15 is 0 Å². The predicted molar refractivity (Wildman–Crippen MR) is 94.7 cm³/mol. The first-order valence-corrected chi connectivity index (χ1v) is 8.91. The zero-order valence-electron chi connectivity index (χ0n) is 14.9. The predicted octanol–water partition coefficient (Wildman–Crippen LogP) is 3.87. The van der Waals surface area contributed by atoms with Crippen molar-refractivity contribution in [3.63, 3.8) is 0 Å². The van der Waals surface area contributed by atoms with Crippen LogP contribution in [0.5, 0.6) is 5.75 Å². The van der Waals surface area contributed by atoms with Crippen LogP contribution in [0.3, 0.4) is 0 Å². The first-order valence-electron chi connectivity index (χ1n) is 8.91. The highest BCUT2D eigenvalue weighted by atomic mass is 16.6. The van der Waals surface area contributed by atoms with Gasteiger partial charge in [-0.15, -0.1) is 0 Å². The Kier molecular flexibility index (Phi) is 4.88. The second-order valence-corrected chi connectivity index (χ2v) is 7.76. The van der Waals surface area contributed by atoms with Gasteiger partial charge in [-0.2, -0.15) is 0 Å². The lowest BCUT2D eigenvalue weighted by Gasteiger charge is -2.31. The highest BCUT2D eigenvalue weighted by Crippen LogP contribution is 2.29. The van der Waals surface area contributed by atoms with Crippen molar-refractivity contribution in [2.75, 3.05) is 11.9 Å². The quantitative estimate of drug-likeness (QED) is 0.882. The van der Waals surface area contributed by atoms with Gasteiger partial charge in [-0.1, -0.05) is 0 Å². The summed E-state index contributed by atoms with van der Waals surface area (Å²) in [7, 11) is 0. The highest BCUT2D eigenvalue weighted by molar-refractivity contribution is 5.68. The second-order valence-electron chi connectivity index (χ2n) is 7.76. The van der Waals surface area contributed by atoms with Crippen LogP contribution in [0.1, 0.15) is 52.0 Å². The molecule has 0 bridgehead atoms. The molecule has 0 saturated heterocycles. The van der Waals surface area contributed by atoms with Crippen LogP contribution >= 0.6 is 0 Å². The third-order valence-corrected chi connectivity index (χ3v) is 4.51. The van der Waals surface area contributed by atoms with Crippen LogP contribution in [0.15, 0.2) is 18.2 Å². The van der Waals surface area contributed by atoms with Crippen molar-refractivity contribution in [1.82, 2.24) is 5.32 Å². The molecule has 1 aliphatic carbocycles. The number of amides is 1. The topological polar surface area (TPSA) is 59.6 Å². The molecule has 3 rings (SSSR count). The summed E-state index contributed by atoms with van der Waals surface area (Å²) in [5, 5.41) is 6.61. The average molecular weight is 332 g/mol. The van der Waals surface area contributed by atoms with Gasteiger partial charge in [0.2, 0.25) is 0 Å².